The van der Waals surface area contributed by atoms with Crippen molar-refractivity contribution in [2.45, 2.75) is 6.92 Å². The highest BCUT2D eigenvalue weighted by Crippen LogP contribution is 2.23. The number of ether oxygens (including phenoxy) is 2. The minimum Gasteiger partial charge on any atom is -0.495 e. The summed E-state index contributed by atoms with van der Waals surface area (Å²) in [6.07, 6.45) is 1.34. The Morgan fingerprint density at radius 1 is 0.943 bits per heavy atom. The SMILES string of the molecule is COc1ccccc1NC(=O)C(=O)N/N=C/c1cccc(OCC(=O)Nc2cccc(Cl)c2C)c1. The maximum Gasteiger partial charge on any atom is 0.329 e. The molecule has 0 atom stereocenters. The Bertz CT molecular complexity index is 1260. The fourth-order valence-corrected chi connectivity index (χ4v) is 3.08. The Morgan fingerprint density at radius 3 is 2.49 bits per heavy atom. The first kappa shape index (κ1) is 25.3. The number of amides is 3. The molecule has 0 aliphatic heterocycles. The van der Waals surface area contributed by atoms with E-state index < -0.39 is 11.8 Å². The van der Waals surface area contributed by atoms with Crippen molar-refractivity contribution >= 4 is 46.9 Å². The topological polar surface area (TPSA) is 118 Å². The number of methoxy groups -OCH3 is 1. The first-order chi connectivity index (χ1) is 16.9. The lowest BCUT2D eigenvalue weighted by Crippen LogP contribution is -2.32. The molecule has 0 radical (unpaired) electrons. The highest BCUT2D eigenvalue weighted by Gasteiger charge is 2.15. The molecule has 0 heterocycles. The van der Waals surface area contributed by atoms with Gasteiger partial charge in [-0.1, -0.05) is 41.9 Å². The zero-order valence-electron chi connectivity index (χ0n) is 19.0. The van der Waals surface area contributed by atoms with Crippen molar-refractivity contribution in [2.75, 3.05) is 24.4 Å². The zero-order valence-corrected chi connectivity index (χ0v) is 19.8. The molecule has 0 aliphatic carbocycles. The Kier molecular flexibility index (Phi) is 8.80. The summed E-state index contributed by atoms with van der Waals surface area (Å²) in [5.41, 5.74) is 4.47. The normalized spacial score (nSPS) is 10.5. The maximum atomic E-state index is 12.2. The second kappa shape index (κ2) is 12.2. The molecule has 3 aromatic carbocycles. The van der Waals surface area contributed by atoms with Gasteiger partial charge >= 0.3 is 11.8 Å². The first-order valence-electron chi connectivity index (χ1n) is 10.4. The van der Waals surface area contributed by atoms with Crippen molar-refractivity contribution in [1.29, 1.82) is 0 Å². The molecular formula is C25H23ClN4O5. The fraction of sp³-hybridized carbons (Fsp3) is 0.120. The van der Waals surface area contributed by atoms with Crippen LogP contribution in [0.15, 0.2) is 71.8 Å². The third-order valence-corrected chi connectivity index (χ3v) is 5.12. The molecule has 3 aromatic rings. The van der Waals surface area contributed by atoms with Crippen LogP contribution in [0, 0.1) is 6.92 Å². The van der Waals surface area contributed by atoms with Gasteiger partial charge in [0.15, 0.2) is 6.61 Å². The van der Waals surface area contributed by atoms with E-state index >= 15 is 0 Å². The van der Waals surface area contributed by atoms with Gasteiger partial charge in [0, 0.05) is 10.7 Å². The van der Waals surface area contributed by atoms with Gasteiger partial charge in [-0.15, -0.1) is 0 Å². The van der Waals surface area contributed by atoms with Crippen LogP contribution in [-0.4, -0.2) is 37.7 Å². The summed E-state index contributed by atoms with van der Waals surface area (Å²) in [6.45, 7) is 1.59. The van der Waals surface area contributed by atoms with Gasteiger partial charge in [-0.25, -0.2) is 5.43 Å². The number of benzene rings is 3. The van der Waals surface area contributed by atoms with Crippen molar-refractivity contribution in [2.24, 2.45) is 5.10 Å². The number of nitrogens with one attached hydrogen (secondary N) is 3. The maximum absolute atomic E-state index is 12.2. The third kappa shape index (κ3) is 7.31. The molecule has 0 spiro atoms. The van der Waals surface area contributed by atoms with Crippen LogP contribution in [0.3, 0.4) is 0 Å². The number of rotatable bonds is 8. The third-order valence-electron chi connectivity index (χ3n) is 4.71. The second-order valence-electron chi connectivity index (χ2n) is 7.18. The van der Waals surface area contributed by atoms with Gasteiger partial charge < -0.3 is 20.1 Å². The molecule has 0 saturated heterocycles. The molecule has 0 aliphatic rings. The molecule has 10 heteroatoms. The smallest absolute Gasteiger partial charge is 0.329 e. The molecule has 9 nitrogen and oxygen atoms in total. The largest absolute Gasteiger partial charge is 0.495 e. The lowest BCUT2D eigenvalue weighted by Gasteiger charge is -2.10. The average Bonchev–Trinajstić information content (AvgIpc) is 2.86. The number of carbonyl (C=O) groups is 3. The Hall–Kier alpha value is -4.37. The van der Waals surface area contributed by atoms with E-state index in [1.54, 1.807) is 66.7 Å². The number of hydrogen-bond donors (Lipinski definition) is 3. The Labute approximate surface area is 207 Å². The van der Waals surface area contributed by atoms with Crippen LogP contribution >= 0.6 is 11.6 Å². The van der Waals surface area contributed by atoms with Crippen LogP contribution < -0.4 is 25.5 Å². The molecule has 0 aromatic heterocycles. The van der Waals surface area contributed by atoms with Crippen molar-refractivity contribution < 1.29 is 23.9 Å². The number of para-hydroxylation sites is 2. The van der Waals surface area contributed by atoms with E-state index in [-0.39, 0.29) is 12.5 Å². The molecule has 0 bridgehead atoms. The van der Waals surface area contributed by atoms with Gasteiger partial charge in [0.2, 0.25) is 0 Å². The van der Waals surface area contributed by atoms with Crippen LogP contribution in [-0.2, 0) is 14.4 Å². The summed E-state index contributed by atoms with van der Waals surface area (Å²) >= 11 is 6.07. The summed E-state index contributed by atoms with van der Waals surface area (Å²) in [4.78, 5) is 36.3. The molecular weight excluding hydrogens is 472 g/mol. The van der Waals surface area contributed by atoms with E-state index in [1.165, 1.54) is 13.3 Å². The van der Waals surface area contributed by atoms with Crippen molar-refractivity contribution in [3.8, 4) is 11.5 Å². The molecule has 180 valence electrons. The van der Waals surface area contributed by atoms with E-state index in [9.17, 15) is 14.4 Å². The van der Waals surface area contributed by atoms with E-state index in [0.717, 1.165) is 5.56 Å². The number of anilines is 2. The minimum absolute atomic E-state index is 0.216. The van der Waals surface area contributed by atoms with E-state index in [0.29, 0.717) is 33.5 Å². The number of halogens is 1. The highest BCUT2D eigenvalue weighted by molar-refractivity contribution is 6.39. The monoisotopic (exact) mass is 494 g/mol. The highest BCUT2D eigenvalue weighted by atomic mass is 35.5. The first-order valence-corrected chi connectivity index (χ1v) is 10.8. The van der Waals surface area contributed by atoms with Gasteiger partial charge in [0.1, 0.15) is 11.5 Å². The molecule has 3 amide bonds. The summed E-state index contributed by atoms with van der Waals surface area (Å²) in [6, 6.07) is 18.7. The van der Waals surface area contributed by atoms with Crippen LogP contribution in [0.2, 0.25) is 5.02 Å². The molecule has 3 N–H and O–H groups in total. The van der Waals surface area contributed by atoms with Crippen molar-refractivity contribution in [3.05, 3.63) is 82.9 Å². The quantitative estimate of drug-likeness (QED) is 0.250. The summed E-state index contributed by atoms with van der Waals surface area (Å²) in [5, 5.41) is 9.55. The Balaban J connectivity index is 1.50. The number of hydrazone groups is 1. The molecule has 35 heavy (non-hydrogen) atoms. The van der Waals surface area contributed by atoms with Crippen molar-refractivity contribution in [1.82, 2.24) is 5.43 Å². The number of hydrogen-bond acceptors (Lipinski definition) is 6. The standard InChI is InChI=1S/C25H23ClN4O5/c1-16-19(26)9-6-11-20(16)28-23(31)15-35-18-8-5-7-17(13-18)14-27-30-25(33)24(32)29-21-10-3-4-12-22(21)34-2/h3-14H,15H2,1-2H3,(H,28,31)(H,29,32)(H,30,33)/b27-14+. The van der Waals surface area contributed by atoms with Gasteiger partial charge in [-0.2, -0.15) is 5.10 Å². The van der Waals surface area contributed by atoms with Gasteiger partial charge in [0.05, 0.1) is 19.0 Å². The zero-order chi connectivity index (χ0) is 25.2. The van der Waals surface area contributed by atoms with E-state index in [4.69, 9.17) is 21.1 Å². The average molecular weight is 495 g/mol. The fourth-order valence-electron chi connectivity index (χ4n) is 2.91. The van der Waals surface area contributed by atoms with Crippen LogP contribution in [0.5, 0.6) is 11.5 Å². The van der Waals surface area contributed by atoms with Gasteiger partial charge in [-0.3, -0.25) is 14.4 Å². The summed E-state index contributed by atoms with van der Waals surface area (Å²) in [7, 11) is 1.46. The molecule has 3 rings (SSSR count). The molecule has 0 unspecified atom stereocenters. The predicted octanol–water partition coefficient (Wildman–Crippen LogP) is 3.76. The lowest BCUT2D eigenvalue weighted by atomic mass is 10.2. The van der Waals surface area contributed by atoms with Crippen LogP contribution in [0.4, 0.5) is 11.4 Å². The minimum atomic E-state index is -0.951. The number of carbonyl (C=O) groups excluding carboxylic acids is 3. The Morgan fingerprint density at radius 2 is 1.69 bits per heavy atom. The van der Waals surface area contributed by atoms with E-state index in [2.05, 4.69) is 21.2 Å². The molecule has 0 fully saturated rings. The summed E-state index contributed by atoms with van der Waals surface area (Å²) in [5.74, 6) is -1.35. The molecule has 0 saturated carbocycles. The van der Waals surface area contributed by atoms with Crippen LogP contribution in [0.1, 0.15) is 11.1 Å². The van der Waals surface area contributed by atoms with Gasteiger partial charge in [0.25, 0.3) is 5.91 Å². The van der Waals surface area contributed by atoms with Crippen LogP contribution in [0.25, 0.3) is 0 Å². The van der Waals surface area contributed by atoms with E-state index in [1.807, 2.05) is 6.92 Å². The van der Waals surface area contributed by atoms with Gasteiger partial charge in [-0.05, 0) is 54.4 Å². The number of nitrogens with zero attached hydrogens (tertiary/aromatic N) is 1. The second-order valence-corrected chi connectivity index (χ2v) is 7.58. The summed E-state index contributed by atoms with van der Waals surface area (Å²) < 4.78 is 10.7. The predicted molar refractivity (Wildman–Crippen MR) is 134 cm³/mol. The van der Waals surface area contributed by atoms with Crippen molar-refractivity contribution in [3.63, 3.8) is 0 Å². The lowest BCUT2D eigenvalue weighted by molar-refractivity contribution is -0.136.